The van der Waals surface area contributed by atoms with Crippen LogP contribution in [0, 0.1) is 5.82 Å². The molecule has 0 fully saturated rings. The minimum Gasteiger partial charge on any atom is -0.255 e. The molecule has 23 heavy (non-hydrogen) atoms. The summed E-state index contributed by atoms with van der Waals surface area (Å²) < 4.78 is 25.1. The number of hydrogen-bond acceptors (Lipinski definition) is 1. The SMILES string of the molecule is CC1=C(CBr)c2cc(F)ccc2C1Cc1ccc(S(C)=O)cc1. The van der Waals surface area contributed by atoms with Gasteiger partial charge in [0.15, 0.2) is 0 Å². The Labute approximate surface area is 147 Å². The zero-order chi connectivity index (χ0) is 16.6. The standard InChI is InChI=1S/C19H18BrFOS/c1-12-17(9-13-3-6-15(7-4-13)23(2)22)16-8-5-14(21)10-18(16)19(12)11-20/h3-8,10,17H,9,11H2,1-2H3. The van der Waals surface area contributed by atoms with Gasteiger partial charge in [-0.1, -0.05) is 39.7 Å². The fourth-order valence-electron chi connectivity index (χ4n) is 3.24. The van der Waals surface area contributed by atoms with E-state index in [2.05, 4.69) is 22.9 Å². The minimum atomic E-state index is -0.951. The van der Waals surface area contributed by atoms with Gasteiger partial charge in [0.25, 0.3) is 0 Å². The van der Waals surface area contributed by atoms with Gasteiger partial charge < -0.3 is 0 Å². The highest BCUT2D eigenvalue weighted by atomic mass is 79.9. The summed E-state index contributed by atoms with van der Waals surface area (Å²) in [4.78, 5) is 0.844. The van der Waals surface area contributed by atoms with E-state index in [-0.39, 0.29) is 11.7 Å². The molecular formula is C19H18BrFOS. The summed E-state index contributed by atoms with van der Waals surface area (Å²) in [6.45, 7) is 2.13. The predicted octanol–water partition coefficient (Wildman–Crippen LogP) is 5.07. The zero-order valence-corrected chi connectivity index (χ0v) is 15.5. The van der Waals surface area contributed by atoms with Crippen molar-refractivity contribution < 1.29 is 8.60 Å². The summed E-state index contributed by atoms with van der Waals surface area (Å²) in [6.07, 6.45) is 2.56. The zero-order valence-electron chi connectivity index (χ0n) is 13.1. The molecule has 0 amide bonds. The number of halogens is 2. The molecule has 0 heterocycles. The quantitative estimate of drug-likeness (QED) is 0.663. The molecule has 2 atom stereocenters. The molecule has 1 aliphatic rings. The smallest absolute Gasteiger partial charge is 0.123 e. The van der Waals surface area contributed by atoms with Crippen LogP contribution in [0.25, 0.3) is 5.57 Å². The van der Waals surface area contributed by atoms with Gasteiger partial charge in [0.2, 0.25) is 0 Å². The van der Waals surface area contributed by atoms with E-state index < -0.39 is 10.8 Å². The first kappa shape index (κ1) is 16.6. The number of allylic oxidation sites excluding steroid dienone is 2. The molecule has 2 aromatic rings. The predicted molar refractivity (Wildman–Crippen MR) is 98.0 cm³/mol. The lowest BCUT2D eigenvalue weighted by Crippen LogP contribution is -2.02. The monoisotopic (exact) mass is 392 g/mol. The van der Waals surface area contributed by atoms with Crippen molar-refractivity contribution in [3.8, 4) is 0 Å². The summed E-state index contributed by atoms with van der Waals surface area (Å²) in [7, 11) is -0.951. The van der Waals surface area contributed by atoms with Gasteiger partial charge in [0.05, 0.1) is 0 Å². The maximum Gasteiger partial charge on any atom is 0.123 e. The van der Waals surface area contributed by atoms with Gasteiger partial charge in [-0.05, 0) is 59.9 Å². The molecule has 4 heteroatoms. The Balaban J connectivity index is 1.94. The van der Waals surface area contributed by atoms with Crippen LogP contribution in [-0.2, 0) is 17.2 Å². The lowest BCUT2D eigenvalue weighted by Gasteiger charge is -2.15. The highest BCUT2D eigenvalue weighted by Crippen LogP contribution is 2.44. The maximum absolute atomic E-state index is 13.6. The number of hydrogen-bond donors (Lipinski definition) is 0. The Morgan fingerprint density at radius 3 is 2.48 bits per heavy atom. The molecule has 0 saturated heterocycles. The number of rotatable bonds is 4. The normalized spacial score (nSPS) is 18.2. The van der Waals surface area contributed by atoms with Gasteiger partial charge in [-0.2, -0.15) is 0 Å². The van der Waals surface area contributed by atoms with E-state index in [0.717, 1.165) is 22.2 Å². The first-order valence-electron chi connectivity index (χ1n) is 7.49. The van der Waals surface area contributed by atoms with Gasteiger partial charge >= 0.3 is 0 Å². The van der Waals surface area contributed by atoms with Gasteiger partial charge in [0.1, 0.15) is 5.82 Å². The largest absolute Gasteiger partial charge is 0.255 e. The summed E-state index contributed by atoms with van der Waals surface area (Å²) in [5.74, 6) is 0.0848. The Morgan fingerprint density at radius 1 is 1.17 bits per heavy atom. The van der Waals surface area contributed by atoms with Crippen LogP contribution in [0.5, 0.6) is 0 Å². The molecule has 0 saturated carbocycles. The lowest BCUT2D eigenvalue weighted by molar-refractivity contribution is 0.626. The van der Waals surface area contributed by atoms with Gasteiger partial charge in [-0.15, -0.1) is 0 Å². The Bertz CT molecular complexity index is 796. The fourth-order valence-corrected chi connectivity index (χ4v) is 4.51. The van der Waals surface area contributed by atoms with E-state index in [1.54, 1.807) is 18.4 Å². The van der Waals surface area contributed by atoms with Crippen LogP contribution in [0.4, 0.5) is 4.39 Å². The van der Waals surface area contributed by atoms with E-state index in [0.29, 0.717) is 0 Å². The van der Waals surface area contributed by atoms with Crippen molar-refractivity contribution in [1.29, 1.82) is 0 Å². The fraction of sp³-hybridized carbons (Fsp3) is 0.263. The first-order chi connectivity index (χ1) is 11.0. The van der Waals surface area contributed by atoms with E-state index in [9.17, 15) is 8.60 Å². The Kier molecular flexibility index (Phi) is 4.83. The second-order valence-electron chi connectivity index (χ2n) is 5.88. The van der Waals surface area contributed by atoms with Crippen LogP contribution in [0.2, 0.25) is 0 Å². The Morgan fingerprint density at radius 2 is 1.87 bits per heavy atom. The Hall–Kier alpha value is -1.26. The third-order valence-corrected chi connectivity index (χ3v) is 6.04. The average Bonchev–Trinajstić information content (AvgIpc) is 2.79. The van der Waals surface area contributed by atoms with E-state index in [1.165, 1.54) is 22.3 Å². The molecule has 120 valence electrons. The molecule has 1 nitrogen and oxygen atoms in total. The molecular weight excluding hydrogens is 375 g/mol. The van der Waals surface area contributed by atoms with Crippen molar-refractivity contribution in [2.75, 3.05) is 11.6 Å². The topological polar surface area (TPSA) is 17.1 Å². The minimum absolute atomic E-state index is 0.189. The van der Waals surface area contributed by atoms with Crippen molar-refractivity contribution in [1.82, 2.24) is 0 Å². The van der Waals surface area contributed by atoms with Crippen LogP contribution in [0.15, 0.2) is 52.9 Å². The van der Waals surface area contributed by atoms with Crippen molar-refractivity contribution in [3.63, 3.8) is 0 Å². The van der Waals surface area contributed by atoms with Gasteiger partial charge in [-0.3, -0.25) is 4.21 Å². The van der Waals surface area contributed by atoms with Gasteiger partial charge in [0, 0.05) is 33.2 Å². The first-order valence-corrected chi connectivity index (χ1v) is 10.2. The highest BCUT2D eigenvalue weighted by molar-refractivity contribution is 9.09. The summed E-state index contributed by atoms with van der Waals surface area (Å²) in [6, 6.07) is 13.0. The third-order valence-electron chi connectivity index (χ3n) is 4.54. The molecule has 1 aliphatic carbocycles. The molecule has 3 rings (SSSR count). The van der Waals surface area contributed by atoms with Crippen molar-refractivity contribution in [2.45, 2.75) is 24.2 Å². The van der Waals surface area contributed by atoms with Crippen LogP contribution >= 0.6 is 15.9 Å². The van der Waals surface area contributed by atoms with Gasteiger partial charge in [-0.25, -0.2) is 4.39 Å². The van der Waals surface area contributed by atoms with Crippen molar-refractivity contribution >= 4 is 32.3 Å². The third kappa shape index (κ3) is 3.20. The molecule has 2 aromatic carbocycles. The highest BCUT2D eigenvalue weighted by Gasteiger charge is 2.28. The lowest BCUT2D eigenvalue weighted by atomic mass is 9.90. The van der Waals surface area contributed by atoms with E-state index in [4.69, 9.17) is 0 Å². The number of alkyl halides is 1. The molecule has 0 N–H and O–H groups in total. The molecule has 0 radical (unpaired) electrons. The number of benzene rings is 2. The second-order valence-corrected chi connectivity index (χ2v) is 7.82. The number of fused-ring (bicyclic) bond motifs is 1. The molecule has 2 unspecified atom stereocenters. The molecule has 0 spiro atoms. The summed E-state index contributed by atoms with van der Waals surface area (Å²) in [5.41, 5.74) is 5.91. The second kappa shape index (κ2) is 6.70. The average molecular weight is 393 g/mol. The molecule has 0 aromatic heterocycles. The van der Waals surface area contributed by atoms with Crippen LogP contribution < -0.4 is 0 Å². The maximum atomic E-state index is 13.6. The van der Waals surface area contributed by atoms with E-state index in [1.807, 2.05) is 30.3 Å². The molecule has 0 bridgehead atoms. The van der Waals surface area contributed by atoms with Crippen LogP contribution in [-0.4, -0.2) is 15.8 Å². The van der Waals surface area contributed by atoms with Crippen LogP contribution in [0.1, 0.15) is 29.5 Å². The summed E-state index contributed by atoms with van der Waals surface area (Å²) in [5, 5.41) is 0.736. The van der Waals surface area contributed by atoms with Crippen LogP contribution in [0.3, 0.4) is 0 Å². The van der Waals surface area contributed by atoms with Crippen molar-refractivity contribution in [2.24, 2.45) is 0 Å². The summed E-state index contributed by atoms with van der Waals surface area (Å²) >= 11 is 3.54. The van der Waals surface area contributed by atoms with E-state index >= 15 is 0 Å². The molecule has 0 aliphatic heterocycles. The van der Waals surface area contributed by atoms with Crippen molar-refractivity contribution in [3.05, 3.63) is 70.5 Å².